The third-order valence-electron chi connectivity index (χ3n) is 3.63. The average molecular weight is 298 g/mol. The van der Waals surface area contributed by atoms with E-state index >= 15 is 0 Å². The van der Waals surface area contributed by atoms with E-state index in [1.165, 1.54) is 25.7 Å². The molecule has 1 heterocycles. The lowest BCUT2D eigenvalue weighted by Gasteiger charge is -2.27. The van der Waals surface area contributed by atoms with Crippen LogP contribution in [0.4, 0.5) is 4.79 Å². The lowest BCUT2D eigenvalue weighted by molar-refractivity contribution is -0.138. The molecule has 2 aliphatic rings. The van der Waals surface area contributed by atoms with Crippen LogP contribution < -0.4 is 10.6 Å². The number of amides is 2. The number of rotatable bonds is 5. The van der Waals surface area contributed by atoms with E-state index in [4.69, 9.17) is 4.74 Å². The summed E-state index contributed by atoms with van der Waals surface area (Å²) >= 11 is 1.83. The molecule has 0 spiro atoms. The summed E-state index contributed by atoms with van der Waals surface area (Å²) in [6.45, 7) is 3.93. The molecule has 0 radical (unpaired) electrons. The predicted molar refractivity (Wildman–Crippen MR) is 79.5 cm³/mol. The number of thioether (sulfide) groups is 1. The lowest BCUT2D eigenvalue weighted by Crippen LogP contribution is -2.49. The molecule has 112 valence electrons. The topological polar surface area (TPSA) is 67.4 Å². The SMILES string of the molecule is CCOC(=O)C1=C(CSC2CCCC2)NC(=O)N[C@@H]1C. The van der Waals surface area contributed by atoms with E-state index in [0.717, 1.165) is 0 Å². The highest BCUT2D eigenvalue weighted by atomic mass is 32.2. The molecule has 0 aromatic heterocycles. The molecule has 1 atom stereocenters. The molecule has 0 unspecified atom stereocenters. The molecular formula is C14H22N2O3S. The highest BCUT2D eigenvalue weighted by Crippen LogP contribution is 2.31. The van der Waals surface area contributed by atoms with Crippen LogP contribution in [0.25, 0.3) is 0 Å². The maximum Gasteiger partial charge on any atom is 0.337 e. The second-order valence-corrected chi connectivity index (χ2v) is 6.44. The van der Waals surface area contributed by atoms with Gasteiger partial charge in [0.1, 0.15) is 0 Å². The summed E-state index contributed by atoms with van der Waals surface area (Å²) in [5.41, 5.74) is 1.26. The van der Waals surface area contributed by atoms with Gasteiger partial charge in [-0.15, -0.1) is 0 Å². The first-order valence-corrected chi connectivity index (χ1v) is 8.26. The zero-order valence-electron chi connectivity index (χ0n) is 12.0. The van der Waals surface area contributed by atoms with E-state index in [2.05, 4.69) is 10.6 Å². The van der Waals surface area contributed by atoms with Crippen LogP contribution in [0.2, 0.25) is 0 Å². The minimum absolute atomic E-state index is 0.243. The second-order valence-electron chi connectivity index (χ2n) is 5.15. The quantitative estimate of drug-likeness (QED) is 0.763. The number of carbonyl (C=O) groups excluding carboxylic acids is 2. The Hall–Kier alpha value is -1.17. The van der Waals surface area contributed by atoms with Gasteiger partial charge in [0, 0.05) is 16.7 Å². The molecule has 1 saturated carbocycles. The molecule has 2 rings (SSSR count). The van der Waals surface area contributed by atoms with Crippen LogP contribution in [-0.2, 0) is 9.53 Å². The Balaban J connectivity index is 2.09. The van der Waals surface area contributed by atoms with Crippen molar-refractivity contribution in [3.8, 4) is 0 Å². The Kier molecular flexibility index (Phi) is 5.34. The number of nitrogens with one attached hydrogen (secondary N) is 2. The normalized spacial score (nSPS) is 23.5. The summed E-state index contributed by atoms with van der Waals surface area (Å²) in [4.78, 5) is 23.6. The fraction of sp³-hybridized carbons (Fsp3) is 0.714. The van der Waals surface area contributed by atoms with E-state index in [1.54, 1.807) is 6.92 Å². The van der Waals surface area contributed by atoms with Crippen molar-refractivity contribution >= 4 is 23.8 Å². The molecule has 5 nitrogen and oxygen atoms in total. The van der Waals surface area contributed by atoms with Gasteiger partial charge in [-0.2, -0.15) is 11.8 Å². The first kappa shape index (κ1) is 15.2. The standard InChI is InChI=1S/C14H22N2O3S/c1-3-19-13(17)12-9(2)15-14(18)16-11(12)8-20-10-6-4-5-7-10/h9-10H,3-8H2,1-2H3,(H2,15,16,18)/t9-/m1/s1. The van der Waals surface area contributed by atoms with Crippen molar-refractivity contribution in [2.24, 2.45) is 0 Å². The Morgan fingerprint density at radius 1 is 1.40 bits per heavy atom. The summed E-state index contributed by atoms with van der Waals surface area (Å²) in [7, 11) is 0. The molecule has 0 bridgehead atoms. The summed E-state index contributed by atoms with van der Waals surface area (Å²) in [6, 6.07) is -0.547. The number of hydrogen-bond donors (Lipinski definition) is 2. The van der Waals surface area contributed by atoms with Crippen molar-refractivity contribution < 1.29 is 14.3 Å². The van der Waals surface area contributed by atoms with Gasteiger partial charge < -0.3 is 15.4 Å². The van der Waals surface area contributed by atoms with Crippen molar-refractivity contribution in [3.05, 3.63) is 11.3 Å². The average Bonchev–Trinajstić information content (AvgIpc) is 2.88. The molecule has 1 aliphatic carbocycles. The van der Waals surface area contributed by atoms with Gasteiger partial charge >= 0.3 is 12.0 Å². The Labute approximate surface area is 123 Å². The van der Waals surface area contributed by atoms with E-state index < -0.39 is 0 Å². The van der Waals surface area contributed by atoms with Gasteiger partial charge in [0.2, 0.25) is 0 Å². The molecule has 1 aliphatic heterocycles. The molecule has 0 aromatic carbocycles. The van der Waals surface area contributed by atoms with E-state index in [9.17, 15) is 9.59 Å². The number of ether oxygens (including phenoxy) is 1. The van der Waals surface area contributed by atoms with E-state index in [-0.39, 0.29) is 18.0 Å². The van der Waals surface area contributed by atoms with E-state index in [1.807, 2.05) is 18.7 Å². The third-order valence-corrected chi connectivity index (χ3v) is 5.03. The maximum absolute atomic E-state index is 12.0. The molecular weight excluding hydrogens is 276 g/mol. The van der Waals surface area contributed by atoms with Gasteiger partial charge in [-0.1, -0.05) is 12.8 Å². The number of hydrogen-bond acceptors (Lipinski definition) is 4. The minimum Gasteiger partial charge on any atom is -0.463 e. The van der Waals surface area contributed by atoms with Crippen molar-refractivity contribution in [1.82, 2.24) is 10.6 Å². The van der Waals surface area contributed by atoms with Crippen LogP contribution in [0.3, 0.4) is 0 Å². The largest absolute Gasteiger partial charge is 0.463 e. The predicted octanol–water partition coefficient (Wildman–Crippen LogP) is 2.18. The van der Waals surface area contributed by atoms with Crippen molar-refractivity contribution in [2.75, 3.05) is 12.4 Å². The number of urea groups is 1. The smallest absolute Gasteiger partial charge is 0.337 e. The molecule has 6 heteroatoms. The Morgan fingerprint density at radius 2 is 2.10 bits per heavy atom. The maximum atomic E-state index is 12.0. The summed E-state index contributed by atoms with van der Waals surface area (Å²) in [6.07, 6.45) is 5.03. The van der Waals surface area contributed by atoms with Gasteiger partial charge in [0.25, 0.3) is 0 Å². The van der Waals surface area contributed by atoms with Crippen LogP contribution in [0.5, 0.6) is 0 Å². The fourth-order valence-electron chi connectivity index (χ4n) is 2.65. The van der Waals surface area contributed by atoms with Gasteiger partial charge in [-0.25, -0.2) is 9.59 Å². The van der Waals surface area contributed by atoms with Crippen LogP contribution in [0.1, 0.15) is 39.5 Å². The highest BCUT2D eigenvalue weighted by Gasteiger charge is 2.30. The second kappa shape index (κ2) is 7.02. The Bertz CT molecular complexity index is 417. The molecule has 20 heavy (non-hydrogen) atoms. The minimum atomic E-state index is -0.338. The first-order chi connectivity index (χ1) is 9.61. The van der Waals surface area contributed by atoms with Crippen molar-refractivity contribution in [3.63, 3.8) is 0 Å². The number of carbonyl (C=O) groups is 2. The third kappa shape index (κ3) is 3.69. The summed E-state index contributed by atoms with van der Waals surface area (Å²) in [5.74, 6) is 0.325. The van der Waals surface area contributed by atoms with Crippen LogP contribution in [-0.4, -0.2) is 35.7 Å². The lowest BCUT2D eigenvalue weighted by atomic mass is 10.1. The van der Waals surface area contributed by atoms with Crippen molar-refractivity contribution in [2.45, 2.75) is 50.8 Å². The van der Waals surface area contributed by atoms with Crippen LogP contribution >= 0.6 is 11.8 Å². The summed E-state index contributed by atoms with van der Waals surface area (Å²) < 4.78 is 5.09. The van der Waals surface area contributed by atoms with E-state index in [0.29, 0.717) is 28.9 Å². The Morgan fingerprint density at radius 3 is 2.75 bits per heavy atom. The molecule has 0 saturated heterocycles. The van der Waals surface area contributed by atoms with Gasteiger partial charge in [0.15, 0.2) is 0 Å². The number of esters is 1. The monoisotopic (exact) mass is 298 g/mol. The van der Waals surface area contributed by atoms with Crippen LogP contribution in [0, 0.1) is 0 Å². The highest BCUT2D eigenvalue weighted by molar-refractivity contribution is 8.00. The van der Waals surface area contributed by atoms with Gasteiger partial charge in [-0.05, 0) is 26.7 Å². The van der Waals surface area contributed by atoms with Gasteiger partial charge in [-0.3, -0.25) is 0 Å². The first-order valence-electron chi connectivity index (χ1n) is 7.21. The molecule has 1 fully saturated rings. The zero-order chi connectivity index (χ0) is 14.5. The van der Waals surface area contributed by atoms with Gasteiger partial charge in [0.05, 0.1) is 18.2 Å². The van der Waals surface area contributed by atoms with Crippen LogP contribution in [0.15, 0.2) is 11.3 Å². The molecule has 0 aromatic rings. The summed E-state index contributed by atoms with van der Waals surface area (Å²) in [5, 5.41) is 6.12. The van der Waals surface area contributed by atoms with Crippen molar-refractivity contribution in [1.29, 1.82) is 0 Å². The fourth-order valence-corrected chi connectivity index (χ4v) is 3.95. The zero-order valence-corrected chi connectivity index (χ0v) is 12.8. The molecule has 2 amide bonds. The molecule has 2 N–H and O–H groups in total.